The van der Waals surface area contributed by atoms with Crippen LogP contribution >= 0.6 is 11.6 Å². The SMILES string of the molecule is Cc1cc(Cl)ccc1NC(=O)CCCOc1ccccc1C. The Kier molecular flexibility index (Phi) is 5.84. The van der Waals surface area contributed by atoms with Gasteiger partial charge in [-0.1, -0.05) is 29.8 Å². The molecule has 2 rings (SSSR count). The monoisotopic (exact) mass is 317 g/mol. The first-order valence-corrected chi connectivity index (χ1v) is 7.68. The van der Waals surface area contributed by atoms with Gasteiger partial charge in [0.1, 0.15) is 5.75 Å². The van der Waals surface area contributed by atoms with Gasteiger partial charge in [0, 0.05) is 17.1 Å². The number of ether oxygens (including phenoxy) is 1. The summed E-state index contributed by atoms with van der Waals surface area (Å²) in [5.41, 5.74) is 2.86. The van der Waals surface area contributed by atoms with Crippen molar-refractivity contribution in [3.05, 3.63) is 58.6 Å². The molecule has 22 heavy (non-hydrogen) atoms. The molecule has 0 aliphatic carbocycles. The molecule has 2 aromatic rings. The summed E-state index contributed by atoms with van der Waals surface area (Å²) in [6.07, 6.45) is 1.10. The Morgan fingerprint density at radius 2 is 1.91 bits per heavy atom. The van der Waals surface area contributed by atoms with E-state index in [0.29, 0.717) is 24.5 Å². The molecule has 0 radical (unpaired) electrons. The minimum Gasteiger partial charge on any atom is -0.493 e. The second-order valence-corrected chi connectivity index (χ2v) is 5.66. The van der Waals surface area contributed by atoms with Crippen LogP contribution in [-0.2, 0) is 4.79 Å². The summed E-state index contributed by atoms with van der Waals surface area (Å²) in [5, 5.41) is 3.56. The topological polar surface area (TPSA) is 38.3 Å². The van der Waals surface area contributed by atoms with Gasteiger partial charge in [-0.05, 0) is 55.7 Å². The lowest BCUT2D eigenvalue weighted by molar-refractivity contribution is -0.116. The number of rotatable bonds is 6. The highest BCUT2D eigenvalue weighted by Crippen LogP contribution is 2.20. The van der Waals surface area contributed by atoms with Gasteiger partial charge < -0.3 is 10.1 Å². The Balaban J connectivity index is 1.75. The van der Waals surface area contributed by atoms with Crippen molar-refractivity contribution in [3.8, 4) is 5.75 Å². The van der Waals surface area contributed by atoms with Crippen LogP contribution in [0.5, 0.6) is 5.75 Å². The Labute approximate surface area is 136 Å². The molecular formula is C18H20ClNO2. The molecule has 0 spiro atoms. The maximum atomic E-state index is 11.9. The predicted octanol–water partition coefficient (Wildman–Crippen LogP) is 4.75. The highest BCUT2D eigenvalue weighted by molar-refractivity contribution is 6.30. The first-order chi connectivity index (χ1) is 10.6. The van der Waals surface area contributed by atoms with Gasteiger partial charge in [-0.25, -0.2) is 0 Å². The summed E-state index contributed by atoms with van der Waals surface area (Å²) in [6, 6.07) is 13.3. The van der Waals surface area contributed by atoms with E-state index in [-0.39, 0.29) is 5.91 Å². The van der Waals surface area contributed by atoms with Crippen molar-refractivity contribution >= 4 is 23.2 Å². The molecule has 0 atom stereocenters. The van der Waals surface area contributed by atoms with Gasteiger partial charge in [0.05, 0.1) is 6.61 Å². The van der Waals surface area contributed by atoms with E-state index in [0.717, 1.165) is 22.6 Å². The number of halogens is 1. The fourth-order valence-corrected chi connectivity index (χ4v) is 2.34. The number of para-hydroxylation sites is 1. The number of aryl methyl sites for hydroxylation is 2. The van der Waals surface area contributed by atoms with E-state index >= 15 is 0 Å². The minimum atomic E-state index is -0.0150. The molecule has 0 bridgehead atoms. The van der Waals surface area contributed by atoms with Crippen molar-refractivity contribution in [1.29, 1.82) is 0 Å². The second-order valence-electron chi connectivity index (χ2n) is 5.22. The smallest absolute Gasteiger partial charge is 0.224 e. The van der Waals surface area contributed by atoms with Crippen LogP contribution in [-0.4, -0.2) is 12.5 Å². The Bertz CT molecular complexity index is 655. The number of hydrogen-bond donors (Lipinski definition) is 1. The van der Waals surface area contributed by atoms with E-state index in [4.69, 9.17) is 16.3 Å². The zero-order valence-electron chi connectivity index (χ0n) is 12.9. The van der Waals surface area contributed by atoms with Crippen LogP contribution in [0.25, 0.3) is 0 Å². The molecule has 1 amide bonds. The van der Waals surface area contributed by atoms with Crippen LogP contribution in [0, 0.1) is 13.8 Å². The number of carbonyl (C=O) groups excluding carboxylic acids is 1. The molecule has 2 aromatic carbocycles. The van der Waals surface area contributed by atoms with Gasteiger partial charge in [-0.3, -0.25) is 4.79 Å². The van der Waals surface area contributed by atoms with E-state index in [1.165, 1.54) is 0 Å². The van der Waals surface area contributed by atoms with Crippen LogP contribution in [0.15, 0.2) is 42.5 Å². The summed E-state index contributed by atoms with van der Waals surface area (Å²) >= 11 is 5.90. The molecule has 0 aliphatic rings. The summed E-state index contributed by atoms with van der Waals surface area (Å²) < 4.78 is 5.68. The van der Waals surface area contributed by atoms with Crippen LogP contribution < -0.4 is 10.1 Å². The van der Waals surface area contributed by atoms with E-state index in [1.54, 1.807) is 6.07 Å². The molecule has 116 valence electrons. The van der Waals surface area contributed by atoms with Gasteiger partial charge in [0.15, 0.2) is 0 Å². The van der Waals surface area contributed by atoms with Gasteiger partial charge >= 0.3 is 0 Å². The van der Waals surface area contributed by atoms with Crippen molar-refractivity contribution in [2.75, 3.05) is 11.9 Å². The first kappa shape index (κ1) is 16.4. The predicted molar refractivity (Wildman–Crippen MR) is 90.7 cm³/mol. The molecular weight excluding hydrogens is 298 g/mol. The van der Waals surface area contributed by atoms with E-state index in [9.17, 15) is 4.79 Å². The highest BCUT2D eigenvalue weighted by Gasteiger charge is 2.05. The van der Waals surface area contributed by atoms with Crippen molar-refractivity contribution < 1.29 is 9.53 Å². The number of nitrogens with one attached hydrogen (secondary N) is 1. The Hall–Kier alpha value is -2.00. The van der Waals surface area contributed by atoms with Crippen LogP contribution in [0.2, 0.25) is 5.02 Å². The van der Waals surface area contributed by atoms with Crippen LogP contribution in [0.3, 0.4) is 0 Å². The molecule has 0 aromatic heterocycles. The summed E-state index contributed by atoms with van der Waals surface area (Å²) in [5.74, 6) is 0.857. The normalized spacial score (nSPS) is 10.3. The first-order valence-electron chi connectivity index (χ1n) is 7.30. The summed E-state index contributed by atoms with van der Waals surface area (Å²) in [7, 11) is 0. The number of hydrogen-bond acceptors (Lipinski definition) is 2. The molecule has 1 N–H and O–H groups in total. The van der Waals surface area contributed by atoms with Crippen LogP contribution in [0.4, 0.5) is 5.69 Å². The lowest BCUT2D eigenvalue weighted by atomic mass is 10.2. The van der Waals surface area contributed by atoms with Gasteiger partial charge in [-0.15, -0.1) is 0 Å². The Morgan fingerprint density at radius 1 is 1.14 bits per heavy atom. The lowest BCUT2D eigenvalue weighted by Gasteiger charge is -2.10. The maximum absolute atomic E-state index is 11.9. The summed E-state index contributed by atoms with van der Waals surface area (Å²) in [4.78, 5) is 11.9. The zero-order valence-corrected chi connectivity index (χ0v) is 13.6. The maximum Gasteiger partial charge on any atom is 0.224 e. The third-order valence-electron chi connectivity index (χ3n) is 3.36. The fraction of sp³-hybridized carbons (Fsp3) is 0.278. The third kappa shape index (κ3) is 4.78. The highest BCUT2D eigenvalue weighted by atomic mass is 35.5. The fourth-order valence-electron chi connectivity index (χ4n) is 2.11. The molecule has 0 saturated carbocycles. The molecule has 4 heteroatoms. The zero-order chi connectivity index (χ0) is 15.9. The van der Waals surface area contributed by atoms with E-state index in [2.05, 4.69) is 5.32 Å². The molecule has 3 nitrogen and oxygen atoms in total. The number of carbonyl (C=O) groups is 1. The van der Waals surface area contributed by atoms with Crippen molar-refractivity contribution in [2.45, 2.75) is 26.7 Å². The second kappa shape index (κ2) is 7.85. The number of anilines is 1. The third-order valence-corrected chi connectivity index (χ3v) is 3.60. The standard InChI is InChI=1S/C18H20ClNO2/c1-13-6-3-4-7-17(13)22-11-5-8-18(21)20-16-10-9-15(19)12-14(16)2/h3-4,6-7,9-10,12H,5,8,11H2,1-2H3,(H,20,21). The average Bonchev–Trinajstić information content (AvgIpc) is 2.48. The lowest BCUT2D eigenvalue weighted by Crippen LogP contribution is -2.13. The largest absolute Gasteiger partial charge is 0.493 e. The Morgan fingerprint density at radius 3 is 2.64 bits per heavy atom. The quantitative estimate of drug-likeness (QED) is 0.780. The van der Waals surface area contributed by atoms with E-state index < -0.39 is 0 Å². The minimum absolute atomic E-state index is 0.0150. The molecule has 0 saturated heterocycles. The molecule has 0 fully saturated rings. The molecule has 0 unspecified atom stereocenters. The average molecular weight is 318 g/mol. The van der Waals surface area contributed by atoms with Gasteiger partial charge in [-0.2, -0.15) is 0 Å². The molecule has 0 aliphatic heterocycles. The van der Waals surface area contributed by atoms with Crippen molar-refractivity contribution in [1.82, 2.24) is 0 Å². The van der Waals surface area contributed by atoms with E-state index in [1.807, 2.05) is 50.2 Å². The van der Waals surface area contributed by atoms with Crippen molar-refractivity contribution in [2.24, 2.45) is 0 Å². The molecule has 0 heterocycles. The van der Waals surface area contributed by atoms with Gasteiger partial charge in [0.25, 0.3) is 0 Å². The summed E-state index contributed by atoms with van der Waals surface area (Å²) in [6.45, 7) is 4.45. The van der Waals surface area contributed by atoms with Crippen LogP contribution in [0.1, 0.15) is 24.0 Å². The number of benzene rings is 2. The number of amides is 1. The van der Waals surface area contributed by atoms with Crippen molar-refractivity contribution in [3.63, 3.8) is 0 Å². The van der Waals surface area contributed by atoms with Gasteiger partial charge in [0.2, 0.25) is 5.91 Å².